The Bertz CT molecular complexity index is 782. The van der Waals surface area contributed by atoms with Crippen LogP contribution < -0.4 is 14.8 Å². The molecule has 1 aliphatic heterocycles. The van der Waals surface area contributed by atoms with Crippen LogP contribution in [0.15, 0.2) is 48.5 Å². The highest BCUT2D eigenvalue weighted by Crippen LogP contribution is 2.31. The van der Waals surface area contributed by atoms with Gasteiger partial charge in [-0.1, -0.05) is 30.3 Å². The van der Waals surface area contributed by atoms with Gasteiger partial charge in [0.15, 0.2) is 11.5 Å². The highest BCUT2D eigenvalue weighted by Gasteiger charge is 2.21. The molecule has 8 heteroatoms. The molecule has 0 bridgehead atoms. The maximum atomic E-state index is 12.5. The van der Waals surface area contributed by atoms with Crippen LogP contribution in [0.1, 0.15) is 5.56 Å². The van der Waals surface area contributed by atoms with Crippen LogP contribution in [0.25, 0.3) is 0 Å². The number of nitrogens with one attached hydrogen (secondary N) is 1. The average molecular weight is 391 g/mol. The van der Waals surface area contributed by atoms with E-state index in [2.05, 4.69) is 27.1 Å². The SMILES string of the molecule is COc1ccc(NC(=O)N2CCN(Cc3ccccc3)CC2)cc1OC(F)F. The molecule has 2 amide bonds. The van der Waals surface area contributed by atoms with Gasteiger partial charge in [0.1, 0.15) is 0 Å². The number of alkyl halides is 2. The summed E-state index contributed by atoms with van der Waals surface area (Å²) in [5.74, 6) is 0.0517. The highest BCUT2D eigenvalue weighted by molar-refractivity contribution is 5.89. The van der Waals surface area contributed by atoms with Gasteiger partial charge in [-0.2, -0.15) is 8.78 Å². The summed E-state index contributed by atoms with van der Waals surface area (Å²) in [7, 11) is 1.36. The normalized spacial score (nSPS) is 14.8. The molecule has 28 heavy (non-hydrogen) atoms. The molecule has 6 nitrogen and oxygen atoms in total. The van der Waals surface area contributed by atoms with E-state index in [1.165, 1.54) is 24.8 Å². The molecule has 2 aromatic carbocycles. The van der Waals surface area contributed by atoms with Crippen molar-refractivity contribution in [2.24, 2.45) is 0 Å². The van der Waals surface area contributed by atoms with Gasteiger partial charge in [0, 0.05) is 44.5 Å². The van der Waals surface area contributed by atoms with Gasteiger partial charge < -0.3 is 19.7 Å². The Labute approximate surface area is 162 Å². The summed E-state index contributed by atoms with van der Waals surface area (Å²) >= 11 is 0. The molecular formula is C20H23F2N3O3. The van der Waals surface area contributed by atoms with Crippen LogP contribution in [-0.2, 0) is 6.54 Å². The smallest absolute Gasteiger partial charge is 0.387 e. The summed E-state index contributed by atoms with van der Waals surface area (Å²) in [5, 5.41) is 2.73. The minimum Gasteiger partial charge on any atom is -0.493 e. The summed E-state index contributed by atoms with van der Waals surface area (Å²) in [5.41, 5.74) is 1.61. The first-order chi connectivity index (χ1) is 13.5. The van der Waals surface area contributed by atoms with Crippen LogP contribution >= 0.6 is 0 Å². The second kappa shape index (κ2) is 9.36. The van der Waals surface area contributed by atoms with E-state index in [-0.39, 0.29) is 17.5 Å². The van der Waals surface area contributed by atoms with Crippen molar-refractivity contribution < 1.29 is 23.0 Å². The number of nitrogens with zero attached hydrogens (tertiary/aromatic N) is 2. The van der Waals surface area contributed by atoms with Gasteiger partial charge in [0.2, 0.25) is 0 Å². The van der Waals surface area contributed by atoms with E-state index in [0.29, 0.717) is 18.8 Å². The van der Waals surface area contributed by atoms with Crippen LogP contribution in [0.2, 0.25) is 0 Å². The third-order valence-corrected chi connectivity index (χ3v) is 4.54. The molecule has 1 N–H and O–H groups in total. The van der Waals surface area contributed by atoms with Crippen molar-refractivity contribution in [3.05, 3.63) is 54.1 Å². The second-order valence-electron chi connectivity index (χ2n) is 6.42. The fourth-order valence-electron chi connectivity index (χ4n) is 3.10. The number of hydrogen-bond donors (Lipinski definition) is 1. The van der Waals surface area contributed by atoms with Crippen molar-refractivity contribution in [3.8, 4) is 11.5 Å². The quantitative estimate of drug-likeness (QED) is 0.817. The highest BCUT2D eigenvalue weighted by atomic mass is 19.3. The van der Waals surface area contributed by atoms with Crippen molar-refractivity contribution >= 4 is 11.7 Å². The third-order valence-electron chi connectivity index (χ3n) is 4.54. The van der Waals surface area contributed by atoms with Gasteiger partial charge >= 0.3 is 12.6 Å². The Kier molecular flexibility index (Phi) is 6.65. The number of anilines is 1. The van der Waals surface area contributed by atoms with E-state index < -0.39 is 6.61 Å². The van der Waals surface area contributed by atoms with Gasteiger partial charge in [-0.25, -0.2) is 4.79 Å². The molecule has 0 saturated carbocycles. The zero-order valence-corrected chi connectivity index (χ0v) is 15.6. The van der Waals surface area contributed by atoms with Gasteiger partial charge in [-0.15, -0.1) is 0 Å². The summed E-state index contributed by atoms with van der Waals surface area (Å²) in [6, 6.07) is 14.3. The minimum absolute atomic E-state index is 0.122. The third kappa shape index (κ3) is 5.32. The lowest BCUT2D eigenvalue weighted by Crippen LogP contribution is -2.49. The molecule has 2 aromatic rings. The Hall–Kier alpha value is -2.87. The summed E-state index contributed by atoms with van der Waals surface area (Å²) in [4.78, 5) is 16.5. The number of benzene rings is 2. The molecule has 0 spiro atoms. The van der Waals surface area contributed by atoms with E-state index >= 15 is 0 Å². The fraction of sp³-hybridized carbons (Fsp3) is 0.350. The average Bonchev–Trinajstić information content (AvgIpc) is 2.69. The van der Waals surface area contributed by atoms with Crippen molar-refractivity contribution in [3.63, 3.8) is 0 Å². The van der Waals surface area contributed by atoms with E-state index in [1.54, 1.807) is 11.0 Å². The minimum atomic E-state index is -2.97. The number of carbonyl (C=O) groups is 1. The molecular weight excluding hydrogens is 368 g/mol. The van der Waals surface area contributed by atoms with Crippen LogP contribution in [0.4, 0.5) is 19.3 Å². The van der Waals surface area contributed by atoms with Gasteiger partial charge in [0.05, 0.1) is 7.11 Å². The Morgan fingerprint density at radius 3 is 2.43 bits per heavy atom. The first kappa shape index (κ1) is 19.9. The number of piperazine rings is 1. The number of halogens is 2. The number of ether oxygens (including phenoxy) is 2. The van der Waals surface area contributed by atoms with Gasteiger partial charge in [0.25, 0.3) is 0 Å². The van der Waals surface area contributed by atoms with Crippen LogP contribution in [-0.4, -0.2) is 55.7 Å². The number of carbonyl (C=O) groups excluding carboxylic acids is 1. The topological polar surface area (TPSA) is 54.0 Å². The van der Waals surface area contributed by atoms with Crippen LogP contribution in [0.3, 0.4) is 0 Å². The molecule has 0 radical (unpaired) electrons. The monoisotopic (exact) mass is 391 g/mol. The Morgan fingerprint density at radius 1 is 1.07 bits per heavy atom. The molecule has 1 saturated heterocycles. The standard InChI is InChI=1S/C20H23F2N3O3/c1-27-17-8-7-16(13-18(17)28-19(21)22)23-20(26)25-11-9-24(10-12-25)14-15-5-3-2-4-6-15/h2-8,13,19H,9-12,14H2,1H3,(H,23,26). The molecule has 3 rings (SSSR count). The number of methoxy groups -OCH3 is 1. The van der Waals surface area contributed by atoms with Gasteiger partial charge in [-0.3, -0.25) is 4.90 Å². The molecule has 1 heterocycles. The molecule has 1 aliphatic rings. The molecule has 0 unspecified atom stereocenters. The zero-order valence-electron chi connectivity index (χ0n) is 15.6. The molecule has 0 atom stereocenters. The number of hydrogen-bond acceptors (Lipinski definition) is 4. The van der Waals surface area contributed by atoms with E-state index in [1.807, 2.05) is 18.2 Å². The summed E-state index contributed by atoms with van der Waals surface area (Å²) in [6.45, 7) is 0.598. The molecule has 150 valence electrons. The predicted octanol–water partition coefficient (Wildman–Crippen LogP) is 3.65. The lowest BCUT2D eigenvalue weighted by molar-refractivity contribution is -0.0511. The first-order valence-corrected chi connectivity index (χ1v) is 9.00. The maximum Gasteiger partial charge on any atom is 0.387 e. The van der Waals surface area contributed by atoms with Crippen LogP contribution in [0.5, 0.6) is 11.5 Å². The van der Waals surface area contributed by atoms with Crippen molar-refractivity contribution in [2.75, 3.05) is 38.6 Å². The lowest BCUT2D eigenvalue weighted by Gasteiger charge is -2.34. The first-order valence-electron chi connectivity index (χ1n) is 9.00. The zero-order chi connectivity index (χ0) is 19.9. The van der Waals surface area contributed by atoms with E-state index in [9.17, 15) is 13.6 Å². The molecule has 1 fully saturated rings. The summed E-state index contributed by atoms with van der Waals surface area (Å²) in [6.07, 6.45) is 0. The number of urea groups is 1. The largest absolute Gasteiger partial charge is 0.493 e. The number of amides is 2. The predicted molar refractivity (Wildman–Crippen MR) is 102 cm³/mol. The molecule has 0 aromatic heterocycles. The van der Waals surface area contributed by atoms with Crippen LogP contribution in [0, 0.1) is 0 Å². The van der Waals surface area contributed by atoms with Crippen molar-refractivity contribution in [1.82, 2.24) is 9.80 Å². The van der Waals surface area contributed by atoms with E-state index in [0.717, 1.165) is 19.6 Å². The Balaban J connectivity index is 1.54. The van der Waals surface area contributed by atoms with Gasteiger partial charge in [-0.05, 0) is 17.7 Å². The van der Waals surface area contributed by atoms with E-state index in [4.69, 9.17) is 4.74 Å². The van der Waals surface area contributed by atoms with Crippen molar-refractivity contribution in [2.45, 2.75) is 13.2 Å². The summed E-state index contributed by atoms with van der Waals surface area (Å²) < 4.78 is 34.5. The second-order valence-corrected chi connectivity index (χ2v) is 6.42. The molecule has 0 aliphatic carbocycles. The Morgan fingerprint density at radius 2 is 1.79 bits per heavy atom. The fourth-order valence-corrected chi connectivity index (χ4v) is 3.10. The number of rotatable bonds is 6. The van der Waals surface area contributed by atoms with Crippen molar-refractivity contribution in [1.29, 1.82) is 0 Å². The maximum absolute atomic E-state index is 12.5. The lowest BCUT2D eigenvalue weighted by atomic mass is 10.2.